The summed E-state index contributed by atoms with van der Waals surface area (Å²) in [5.41, 5.74) is 13.3. The Bertz CT molecular complexity index is 3480. The van der Waals surface area contributed by atoms with E-state index in [0.29, 0.717) is 0 Å². The highest BCUT2D eigenvalue weighted by Gasteiger charge is 2.21. The average molecular weight is 695 g/mol. The molecular weight excluding hydrogens is 668 g/mol. The van der Waals surface area contributed by atoms with Crippen molar-refractivity contribution >= 4 is 93.2 Å². The molecule has 1 N–H and O–H groups in total. The lowest BCUT2D eigenvalue weighted by molar-refractivity contribution is 1.22. The molecule has 0 aliphatic rings. The summed E-state index contributed by atoms with van der Waals surface area (Å²) in [5, 5.41) is 11.2. The third kappa shape index (κ3) is 4.12. The van der Waals surface area contributed by atoms with E-state index in [1.54, 1.807) is 0 Å². The van der Waals surface area contributed by atoms with Crippen molar-refractivity contribution in [1.29, 1.82) is 0 Å². The zero-order valence-corrected chi connectivity index (χ0v) is 29.0. The lowest BCUT2D eigenvalue weighted by Gasteiger charge is -2.11. The normalized spacial score (nSPS) is 12.2. The topological polar surface area (TPSA) is 46.0 Å². The van der Waals surface area contributed by atoms with Crippen LogP contribution in [0.4, 0.5) is 0 Å². The van der Waals surface area contributed by atoms with Crippen molar-refractivity contribution in [3.8, 4) is 33.5 Å². The molecule has 0 unspecified atom stereocenters. The third-order valence-electron chi connectivity index (χ3n) is 11.2. The second-order valence-corrected chi connectivity index (χ2v) is 14.4. The van der Waals surface area contributed by atoms with Gasteiger partial charge in [-0.05, 0) is 99.2 Å². The van der Waals surface area contributed by atoms with Crippen LogP contribution in [0.5, 0.6) is 0 Å². The van der Waals surface area contributed by atoms with Crippen molar-refractivity contribution in [3.05, 3.63) is 163 Å². The first-order valence-electron chi connectivity index (χ1n) is 17.8. The predicted molar refractivity (Wildman–Crippen MR) is 222 cm³/mol. The molecule has 0 amide bonds. The summed E-state index contributed by atoms with van der Waals surface area (Å²) >= 11 is 6.47. The Kier molecular flexibility index (Phi) is 5.80. The molecule has 0 radical (unpaired) electrons. The molecule has 0 atom stereocenters. The number of hydrogen-bond donors (Lipinski definition) is 1. The monoisotopic (exact) mass is 694 g/mol. The molecule has 0 aliphatic carbocycles. The molecule has 12 aromatic rings. The molecule has 4 nitrogen and oxygen atoms in total. The average Bonchev–Trinajstić information content (AvgIpc) is 3.86. The van der Waals surface area contributed by atoms with E-state index in [1.165, 1.54) is 65.3 Å². The molecule has 53 heavy (non-hydrogen) atoms. The lowest BCUT2D eigenvalue weighted by Crippen LogP contribution is -1.92. The van der Waals surface area contributed by atoms with Gasteiger partial charge >= 0.3 is 0 Å². The lowest BCUT2D eigenvalue weighted by atomic mass is 9.96. The standard InChI is InChI=1S/C48H27ClN4/c49-48-51-41-21-19-32(25-39(41)45(52-48)33-17-16-27-8-1-2-9-28(27)23-33)30-11-7-10-29(22-30)31-18-20-40-36(24-31)37-26-38-34-12-3-5-14-42(34)53-43-15-6-4-13-35(43)44(47(38)53)46(37)50-40/h1-26,50H. The molecular formula is C48H27ClN4. The number of nitrogens with zero attached hydrogens (tertiary/aromatic N) is 3. The van der Waals surface area contributed by atoms with Crippen LogP contribution in [0.1, 0.15) is 0 Å². The highest BCUT2D eigenvalue weighted by molar-refractivity contribution is 6.33. The van der Waals surface area contributed by atoms with Crippen molar-refractivity contribution in [2.45, 2.75) is 0 Å². The van der Waals surface area contributed by atoms with Crippen molar-refractivity contribution in [3.63, 3.8) is 0 Å². The highest BCUT2D eigenvalue weighted by atomic mass is 35.5. The van der Waals surface area contributed by atoms with Crippen LogP contribution < -0.4 is 0 Å². The zero-order chi connectivity index (χ0) is 34.8. The van der Waals surface area contributed by atoms with Gasteiger partial charge in [-0.2, -0.15) is 0 Å². The molecule has 4 aromatic heterocycles. The van der Waals surface area contributed by atoms with Crippen LogP contribution in [0, 0.1) is 0 Å². The van der Waals surface area contributed by atoms with Crippen LogP contribution in [-0.4, -0.2) is 19.4 Å². The van der Waals surface area contributed by atoms with Gasteiger partial charge in [0.15, 0.2) is 0 Å². The number of benzene rings is 8. The molecule has 0 fully saturated rings. The van der Waals surface area contributed by atoms with Crippen molar-refractivity contribution in [2.75, 3.05) is 0 Å². The Hall–Kier alpha value is -6.75. The van der Waals surface area contributed by atoms with Gasteiger partial charge in [0, 0.05) is 48.8 Å². The number of H-pyrrole nitrogens is 1. The number of para-hydroxylation sites is 2. The van der Waals surface area contributed by atoms with E-state index >= 15 is 0 Å². The van der Waals surface area contributed by atoms with E-state index in [9.17, 15) is 0 Å². The van der Waals surface area contributed by atoms with Gasteiger partial charge in [-0.3, -0.25) is 0 Å². The number of rotatable bonds is 3. The summed E-state index contributed by atoms with van der Waals surface area (Å²) < 4.78 is 2.44. The Morgan fingerprint density at radius 2 is 1.13 bits per heavy atom. The Labute approximate surface area is 307 Å². The van der Waals surface area contributed by atoms with Gasteiger partial charge in [-0.25, -0.2) is 9.97 Å². The fourth-order valence-electron chi connectivity index (χ4n) is 8.77. The summed E-state index contributed by atoms with van der Waals surface area (Å²) in [5.74, 6) is 0. The number of hydrogen-bond acceptors (Lipinski definition) is 2. The number of halogens is 1. The van der Waals surface area contributed by atoms with Crippen LogP contribution in [0.2, 0.25) is 5.28 Å². The van der Waals surface area contributed by atoms with Gasteiger partial charge < -0.3 is 9.38 Å². The first kappa shape index (κ1) is 28.9. The Balaban J connectivity index is 1.02. The summed E-state index contributed by atoms with van der Waals surface area (Å²) in [6, 6.07) is 56.7. The Morgan fingerprint density at radius 3 is 1.98 bits per heavy atom. The molecule has 0 saturated carbocycles. The molecule has 4 heterocycles. The van der Waals surface area contributed by atoms with Gasteiger partial charge in [0.1, 0.15) is 0 Å². The van der Waals surface area contributed by atoms with E-state index in [0.717, 1.165) is 49.8 Å². The zero-order valence-electron chi connectivity index (χ0n) is 28.2. The predicted octanol–water partition coefficient (Wildman–Crippen LogP) is 13.2. The maximum atomic E-state index is 6.47. The quantitative estimate of drug-likeness (QED) is 0.187. The molecule has 8 aromatic carbocycles. The number of aromatic nitrogens is 4. The smallest absolute Gasteiger partial charge is 0.223 e. The van der Waals surface area contributed by atoms with Crippen LogP contribution in [0.3, 0.4) is 0 Å². The van der Waals surface area contributed by atoms with E-state index in [2.05, 4.69) is 166 Å². The van der Waals surface area contributed by atoms with E-state index in [-0.39, 0.29) is 5.28 Å². The van der Waals surface area contributed by atoms with Crippen LogP contribution in [0.25, 0.3) is 115 Å². The first-order chi connectivity index (χ1) is 26.2. The SMILES string of the molecule is Clc1nc(-c2ccc3ccccc3c2)c2cc(-c3cccc(-c4ccc5[nH]c6c(cc7c8ccccc8n8c9ccccc9c6c78)c5c4)c3)ccc2n1. The van der Waals surface area contributed by atoms with Crippen LogP contribution in [0.15, 0.2) is 158 Å². The van der Waals surface area contributed by atoms with Crippen molar-refractivity contribution < 1.29 is 0 Å². The third-order valence-corrected chi connectivity index (χ3v) is 11.3. The van der Waals surface area contributed by atoms with Crippen molar-refractivity contribution in [2.24, 2.45) is 0 Å². The van der Waals surface area contributed by atoms with Crippen LogP contribution in [-0.2, 0) is 0 Å². The molecule has 0 spiro atoms. The molecule has 0 bridgehead atoms. The highest BCUT2D eigenvalue weighted by Crippen LogP contribution is 2.45. The number of aromatic amines is 1. The van der Waals surface area contributed by atoms with E-state index in [1.807, 2.05) is 6.07 Å². The second kappa shape index (κ2) is 10.6. The maximum absolute atomic E-state index is 6.47. The summed E-state index contributed by atoms with van der Waals surface area (Å²) in [6.45, 7) is 0. The minimum atomic E-state index is 0.243. The second-order valence-electron chi connectivity index (χ2n) is 14.0. The first-order valence-corrected chi connectivity index (χ1v) is 18.2. The van der Waals surface area contributed by atoms with Gasteiger partial charge in [-0.1, -0.05) is 103 Å². The number of nitrogens with one attached hydrogen (secondary N) is 1. The molecule has 0 aliphatic heterocycles. The summed E-state index contributed by atoms with van der Waals surface area (Å²) in [4.78, 5) is 13.2. The summed E-state index contributed by atoms with van der Waals surface area (Å²) in [7, 11) is 0. The Morgan fingerprint density at radius 1 is 0.453 bits per heavy atom. The molecule has 12 rings (SSSR count). The summed E-state index contributed by atoms with van der Waals surface area (Å²) in [6.07, 6.45) is 0. The minimum absolute atomic E-state index is 0.243. The molecule has 246 valence electrons. The minimum Gasteiger partial charge on any atom is -0.354 e. The maximum Gasteiger partial charge on any atom is 0.223 e. The van der Waals surface area contributed by atoms with E-state index < -0.39 is 0 Å². The fraction of sp³-hybridized carbons (Fsp3) is 0. The van der Waals surface area contributed by atoms with Gasteiger partial charge in [0.05, 0.1) is 33.3 Å². The molecule has 5 heteroatoms. The van der Waals surface area contributed by atoms with Gasteiger partial charge in [0.2, 0.25) is 5.28 Å². The van der Waals surface area contributed by atoms with E-state index in [4.69, 9.17) is 16.6 Å². The number of fused-ring (bicyclic) bond motifs is 12. The largest absolute Gasteiger partial charge is 0.354 e. The van der Waals surface area contributed by atoms with Gasteiger partial charge in [0.25, 0.3) is 0 Å². The van der Waals surface area contributed by atoms with Gasteiger partial charge in [-0.15, -0.1) is 0 Å². The van der Waals surface area contributed by atoms with Crippen LogP contribution >= 0.6 is 11.6 Å². The van der Waals surface area contributed by atoms with Crippen molar-refractivity contribution in [1.82, 2.24) is 19.4 Å². The molecule has 0 saturated heterocycles. The fourth-order valence-corrected chi connectivity index (χ4v) is 8.94.